The summed E-state index contributed by atoms with van der Waals surface area (Å²) in [7, 11) is 1.43. The normalized spacial score (nSPS) is 18.3. The summed E-state index contributed by atoms with van der Waals surface area (Å²) in [6, 6.07) is -0.548. The number of esters is 1. The Morgan fingerprint density at radius 3 is 2.59 bits per heavy atom. The Morgan fingerprint density at radius 2 is 2.04 bits per heavy atom. The standard InChI is InChI=1S/C21H27NO5/c1-15(23)19(21(2,3)4)22-18(24)12-10-8-6-7-9-11-16-13-14-17(26-5)20(25)27-16/h7,9-10,12,14,16,19H,11,13H2,1-5H3,(H,22,24)/b9-7+,12-10+/t16-,19-/m1/s1. The highest BCUT2D eigenvalue weighted by Gasteiger charge is 2.29. The number of hydrogen-bond acceptors (Lipinski definition) is 5. The number of rotatable bonds is 6. The van der Waals surface area contributed by atoms with E-state index in [1.54, 1.807) is 18.2 Å². The first-order valence-corrected chi connectivity index (χ1v) is 8.73. The predicted molar refractivity (Wildman–Crippen MR) is 102 cm³/mol. The van der Waals surface area contributed by atoms with Crippen molar-refractivity contribution in [3.63, 3.8) is 0 Å². The molecule has 1 aliphatic heterocycles. The monoisotopic (exact) mass is 373 g/mol. The number of methoxy groups -OCH3 is 1. The summed E-state index contributed by atoms with van der Waals surface area (Å²) in [5.41, 5.74) is -0.356. The summed E-state index contributed by atoms with van der Waals surface area (Å²) in [4.78, 5) is 35.0. The molecule has 1 heterocycles. The van der Waals surface area contributed by atoms with E-state index in [4.69, 9.17) is 9.47 Å². The predicted octanol–water partition coefficient (Wildman–Crippen LogP) is 2.46. The van der Waals surface area contributed by atoms with E-state index in [0.717, 1.165) is 0 Å². The third-order valence-corrected chi connectivity index (χ3v) is 3.82. The van der Waals surface area contributed by atoms with Gasteiger partial charge in [-0.3, -0.25) is 9.59 Å². The number of nitrogens with one attached hydrogen (secondary N) is 1. The van der Waals surface area contributed by atoms with E-state index in [9.17, 15) is 14.4 Å². The van der Waals surface area contributed by atoms with Crippen molar-refractivity contribution in [1.82, 2.24) is 5.32 Å². The minimum Gasteiger partial charge on any atom is -0.490 e. The van der Waals surface area contributed by atoms with Crippen molar-refractivity contribution in [2.45, 2.75) is 52.7 Å². The lowest BCUT2D eigenvalue weighted by molar-refractivity contribution is -0.149. The third kappa shape index (κ3) is 7.95. The lowest BCUT2D eigenvalue weighted by Gasteiger charge is -2.28. The average Bonchev–Trinajstić information content (AvgIpc) is 2.57. The molecule has 0 saturated heterocycles. The maximum Gasteiger partial charge on any atom is 0.373 e. The van der Waals surface area contributed by atoms with Crippen LogP contribution in [0.5, 0.6) is 0 Å². The molecular weight excluding hydrogens is 346 g/mol. The molecule has 0 unspecified atom stereocenters. The smallest absolute Gasteiger partial charge is 0.373 e. The van der Waals surface area contributed by atoms with Gasteiger partial charge in [0.1, 0.15) is 6.10 Å². The molecular formula is C21H27NO5. The van der Waals surface area contributed by atoms with Crippen molar-refractivity contribution in [2.24, 2.45) is 5.41 Å². The molecule has 6 nitrogen and oxygen atoms in total. The second-order valence-electron chi connectivity index (χ2n) is 7.21. The lowest BCUT2D eigenvalue weighted by Crippen LogP contribution is -2.47. The molecule has 2 atom stereocenters. The minimum absolute atomic E-state index is 0.0888. The topological polar surface area (TPSA) is 81.7 Å². The number of ketones is 1. The molecule has 146 valence electrons. The summed E-state index contributed by atoms with van der Waals surface area (Å²) in [5, 5.41) is 2.69. The van der Waals surface area contributed by atoms with E-state index in [0.29, 0.717) is 12.8 Å². The second kappa shape index (κ2) is 10.4. The van der Waals surface area contributed by atoms with Gasteiger partial charge in [0, 0.05) is 18.9 Å². The zero-order chi connectivity index (χ0) is 20.4. The van der Waals surface area contributed by atoms with Gasteiger partial charge in [-0.25, -0.2) is 4.79 Å². The van der Waals surface area contributed by atoms with Crippen LogP contribution in [0, 0.1) is 17.3 Å². The number of Topliss-reactive ketones (excluding diaryl/α,β-unsaturated/α-hetero) is 1. The zero-order valence-electron chi connectivity index (χ0n) is 16.5. The summed E-state index contributed by atoms with van der Waals surface area (Å²) < 4.78 is 10.1. The molecule has 0 fully saturated rings. The first-order valence-electron chi connectivity index (χ1n) is 8.73. The van der Waals surface area contributed by atoms with Crippen LogP contribution < -0.4 is 5.32 Å². The van der Waals surface area contributed by atoms with E-state index >= 15 is 0 Å². The van der Waals surface area contributed by atoms with Gasteiger partial charge >= 0.3 is 5.97 Å². The molecule has 0 aromatic rings. The fraction of sp³-hybridized carbons (Fsp3) is 0.476. The SMILES string of the molecule is COC1=CC[C@@H](C/C=C/C#C/C=C/C(=O)N[C@H](C(C)=O)C(C)(C)C)OC1=O. The molecule has 1 N–H and O–H groups in total. The van der Waals surface area contributed by atoms with Crippen LogP contribution in [-0.2, 0) is 23.9 Å². The van der Waals surface area contributed by atoms with Crippen molar-refractivity contribution in [3.8, 4) is 11.8 Å². The number of amides is 1. The highest BCUT2D eigenvalue weighted by molar-refractivity contribution is 5.93. The first kappa shape index (κ1) is 22.2. The number of hydrogen-bond donors (Lipinski definition) is 1. The molecule has 27 heavy (non-hydrogen) atoms. The molecule has 6 heteroatoms. The Hall–Kier alpha value is -2.81. The second-order valence-corrected chi connectivity index (χ2v) is 7.21. The Morgan fingerprint density at radius 1 is 1.37 bits per heavy atom. The lowest BCUT2D eigenvalue weighted by atomic mass is 9.84. The van der Waals surface area contributed by atoms with Crippen molar-refractivity contribution >= 4 is 17.7 Å². The molecule has 0 bridgehead atoms. The van der Waals surface area contributed by atoms with Gasteiger partial charge in [0.25, 0.3) is 0 Å². The summed E-state index contributed by atoms with van der Waals surface area (Å²) in [6.45, 7) is 7.13. The number of ether oxygens (including phenoxy) is 2. The number of allylic oxidation sites excluding steroid dienone is 2. The van der Waals surface area contributed by atoms with Gasteiger partial charge in [0.15, 0.2) is 11.5 Å². The van der Waals surface area contributed by atoms with Gasteiger partial charge in [-0.05, 0) is 30.6 Å². The number of carbonyl (C=O) groups excluding carboxylic acids is 3. The van der Waals surface area contributed by atoms with Gasteiger partial charge in [-0.2, -0.15) is 0 Å². The van der Waals surface area contributed by atoms with Crippen molar-refractivity contribution < 1.29 is 23.9 Å². The van der Waals surface area contributed by atoms with Gasteiger partial charge in [0.05, 0.1) is 13.2 Å². The largest absolute Gasteiger partial charge is 0.490 e. The third-order valence-electron chi connectivity index (χ3n) is 3.82. The fourth-order valence-corrected chi connectivity index (χ4v) is 2.50. The van der Waals surface area contributed by atoms with Gasteiger partial charge < -0.3 is 14.8 Å². The average molecular weight is 373 g/mol. The van der Waals surface area contributed by atoms with Crippen LogP contribution in [0.1, 0.15) is 40.5 Å². The van der Waals surface area contributed by atoms with E-state index in [2.05, 4.69) is 17.2 Å². The van der Waals surface area contributed by atoms with Crippen LogP contribution in [0.25, 0.3) is 0 Å². The summed E-state index contributed by atoms with van der Waals surface area (Å²) in [5.74, 6) is 4.81. The Balaban J connectivity index is 2.44. The maximum absolute atomic E-state index is 11.9. The van der Waals surface area contributed by atoms with Crippen LogP contribution >= 0.6 is 0 Å². The Labute approximate surface area is 160 Å². The number of carbonyl (C=O) groups is 3. The van der Waals surface area contributed by atoms with E-state index in [1.807, 2.05) is 20.8 Å². The molecule has 0 spiro atoms. The molecule has 1 rings (SSSR count). The van der Waals surface area contributed by atoms with E-state index in [-0.39, 0.29) is 29.0 Å². The quantitative estimate of drug-likeness (QED) is 0.439. The first-order chi connectivity index (χ1) is 12.6. The molecule has 0 aliphatic carbocycles. The van der Waals surface area contributed by atoms with Crippen molar-refractivity contribution in [2.75, 3.05) is 7.11 Å². The summed E-state index contributed by atoms with van der Waals surface area (Å²) >= 11 is 0. The van der Waals surface area contributed by atoms with Crippen LogP contribution in [-0.4, -0.2) is 36.9 Å². The van der Waals surface area contributed by atoms with Gasteiger partial charge in [-0.15, -0.1) is 0 Å². The Kier molecular flexibility index (Phi) is 8.53. The molecule has 1 aliphatic rings. The molecule has 0 aromatic heterocycles. The highest BCUT2D eigenvalue weighted by Crippen LogP contribution is 2.20. The minimum atomic E-state index is -0.548. The highest BCUT2D eigenvalue weighted by atomic mass is 16.6. The molecule has 0 aromatic carbocycles. The van der Waals surface area contributed by atoms with Crippen molar-refractivity contribution in [1.29, 1.82) is 0 Å². The fourth-order valence-electron chi connectivity index (χ4n) is 2.50. The van der Waals surface area contributed by atoms with Crippen LogP contribution in [0.4, 0.5) is 0 Å². The van der Waals surface area contributed by atoms with Crippen molar-refractivity contribution in [3.05, 3.63) is 36.1 Å². The summed E-state index contributed by atoms with van der Waals surface area (Å²) in [6.07, 6.45) is 8.79. The van der Waals surface area contributed by atoms with Crippen LogP contribution in [0.3, 0.4) is 0 Å². The Bertz CT molecular complexity index is 713. The van der Waals surface area contributed by atoms with Gasteiger partial charge in [0.2, 0.25) is 5.91 Å². The van der Waals surface area contributed by atoms with Crippen LogP contribution in [0.15, 0.2) is 36.1 Å². The maximum atomic E-state index is 11.9. The molecule has 0 saturated carbocycles. The van der Waals surface area contributed by atoms with Gasteiger partial charge in [-0.1, -0.05) is 38.7 Å². The molecule has 0 radical (unpaired) electrons. The van der Waals surface area contributed by atoms with E-state index in [1.165, 1.54) is 26.2 Å². The molecule has 1 amide bonds. The van der Waals surface area contributed by atoms with E-state index < -0.39 is 12.0 Å². The number of cyclic esters (lactones) is 1. The van der Waals surface area contributed by atoms with Crippen LogP contribution in [0.2, 0.25) is 0 Å². The zero-order valence-corrected chi connectivity index (χ0v) is 16.5.